The lowest BCUT2D eigenvalue weighted by molar-refractivity contribution is -0.144. The van der Waals surface area contributed by atoms with E-state index in [0.29, 0.717) is 5.56 Å². The molecule has 0 radical (unpaired) electrons. The Hall–Kier alpha value is -2.90. The van der Waals surface area contributed by atoms with Gasteiger partial charge in [-0.05, 0) is 24.6 Å². The van der Waals surface area contributed by atoms with Gasteiger partial charge in [-0.25, -0.2) is 0 Å². The van der Waals surface area contributed by atoms with Gasteiger partial charge in [0, 0.05) is 18.1 Å². The van der Waals surface area contributed by atoms with Crippen molar-refractivity contribution in [3.05, 3.63) is 71.3 Å². The third-order valence-corrected chi connectivity index (χ3v) is 3.90. The summed E-state index contributed by atoms with van der Waals surface area (Å²) in [6.07, 6.45) is -1.01. The van der Waals surface area contributed by atoms with Gasteiger partial charge in [0.2, 0.25) is 0 Å². The summed E-state index contributed by atoms with van der Waals surface area (Å²) < 4.78 is 11.0. The van der Waals surface area contributed by atoms with Crippen LogP contribution in [0.5, 0.6) is 0 Å². The molecule has 1 aliphatic heterocycles. The number of ether oxygens (including phenoxy) is 2. The zero-order chi connectivity index (χ0) is 17.8. The van der Waals surface area contributed by atoms with Crippen LogP contribution in [-0.2, 0) is 14.3 Å². The van der Waals surface area contributed by atoms with Crippen molar-refractivity contribution in [2.45, 2.75) is 32.2 Å². The van der Waals surface area contributed by atoms with E-state index in [9.17, 15) is 9.59 Å². The third kappa shape index (κ3) is 4.34. The van der Waals surface area contributed by atoms with Crippen LogP contribution in [0.1, 0.15) is 41.4 Å². The highest BCUT2D eigenvalue weighted by Gasteiger charge is 2.47. The van der Waals surface area contributed by atoms with Crippen molar-refractivity contribution in [1.29, 1.82) is 0 Å². The van der Waals surface area contributed by atoms with E-state index in [1.165, 1.54) is 13.8 Å². The molecule has 3 atom stereocenters. The van der Waals surface area contributed by atoms with Crippen molar-refractivity contribution in [2.24, 2.45) is 0 Å². The van der Waals surface area contributed by atoms with Gasteiger partial charge in [-0.3, -0.25) is 9.59 Å². The fourth-order valence-corrected chi connectivity index (χ4v) is 2.57. The average Bonchev–Trinajstić information content (AvgIpc) is 3.40. The molecule has 2 aromatic rings. The normalized spacial score (nSPS) is 19.3. The van der Waals surface area contributed by atoms with Crippen LogP contribution in [-0.4, -0.2) is 24.0 Å². The first-order valence-electron chi connectivity index (χ1n) is 8.05. The van der Waals surface area contributed by atoms with Crippen LogP contribution < -0.4 is 0 Å². The molecule has 1 fully saturated rings. The highest BCUT2D eigenvalue weighted by atomic mass is 16.6. The monoisotopic (exact) mass is 334 g/mol. The molecule has 0 spiro atoms. The van der Waals surface area contributed by atoms with Gasteiger partial charge in [0.25, 0.3) is 0 Å². The van der Waals surface area contributed by atoms with Gasteiger partial charge < -0.3 is 9.47 Å². The summed E-state index contributed by atoms with van der Waals surface area (Å²) in [5.41, 5.74) is 2.42. The molecule has 0 saturated carbocycles. The number of rotatable bonds is 4. The Labute approximate surface area is 146 Å². The maximum Gasteiger partial charge on any atom is 0.303 e. The Bertz CT molecular complexity index is 828. The summed E-state index contributed by atoms with van der Waals surface area (Å²) in [6, 6.07) is 16.8. The predicted octanol–water partition coefficient (Wildman–Crippen LogP) is 3.31. The number of Topliss-reactive ketones (excluding diaryl/α,β-unsaturated/α-hetero) is 1. The molecule has 2 aromatic carbocycles. The largest absolute Gasteiger partial charge is 0.446 e. The van der Waals surface area contributed by atoms with Crippen molar-refractivity contribution in [2.75, 3.05) is 0 Å². The maximum atomic E-state index is 11.4. The van der Waals surface area contributed by atoms with Gasteiger partial charge >= 0.3 is 5.97 Å². The first-order valence-corrected chi connectivity index (χ1v) is 8.05. The summed E-state index contributed by atoms with van der Waals surface area (Å²) in [7, 11) is 0. The van der Waals surface area contributed by atoms with E-state index in [4.69, 9.17) is 9.47 Å². The molecule has 0 amide bonds. The van der Waals surface area contributed by atoms with E-state index in [-0.39, 0.29) is 18.0 Å². The third-order valence-electron chi connectivity index (χ3n) is 3.90. The Morgan fingerprint density at radius 3 is 2.32 bits per heavy atom. The van der Waals surface area contributed by atoms with Crippen molar-refractivity contribution < 1.29 is 19.1 Å². The molecule has 1 aliphatic rings. The molecular formula is C21H18O4. The zero-order valence-electron chi connectivity index (χ0n) is 14.1. The molecule has 4 heteroatoms. The topological polar surface area (TPSA) is 55.9 Å². The molecule has 1 saturated heterocycles. The molecule has 3 rings (SSSR count). The van der Waals surface area contributed by atoms with E-state index in [0.717, 1.165) is 11.1 Å². The van der Waals surface area contributed by atoms with Crippen LogP contribution in [0.3, 0.4) is 0 Å². The molecular weight excluding hydrogens is 316 g/mol. The van der Waals surface area contributed by atoms with Crippen molar-refractivity contribution >= 4 is 11.8 Å². The number of benzene rings is 2. The number of carbonyl (C=O) groups is 2. The number of esters is 1. The van der Waals surface area contributed by atoms with E-state index >= 15 is 0 Å². The van der Waals surface area contributed by atoms with Gasteiger partial charge in [-0.2, -0.15) is 0 Å². The van der Waals surface area contributed by atoms with E-state index in [1.54, 1.807) is 24.3 Å². The molecule has 0 aromatic heterocycles. The maximum absolute atomic E-state index is 11.4. The second kappa shape index (κ2) is 7.33. The predicted molar refractivity (Wildman–Crippen MR) is 92.9 cm³/mol. The summed E-state index contributed by atoms with van der Waals surface area (Å²) in [6.45, 7) is 2.88. The molecule has 1 unspecified atom stereocenters. The number of carbonyl (C=O) groups excluding carboxylic acids is 2. The van der Waals surface area contributed by atoms with Crippen LogP contribution in [0.15, 0.2) is 54.6 Å². The van der Waals surface area contributed by atoms with Gasteiger partial charge in [0.05, 0.1) is 0 Å². The van der Waals surface area contributed by atoms with Crippen LogP contribution in [0.25, 0.3) is 0 Å². The summed E-state index contributed by atoms with van der Waals surface area (Å²) in [5, 5.41) is 0. The Kier molecular flexibility index (Phi) is 4.97. The van der Waals surface area contributed by atoms with Gasteiger partial charge in [-0.15, -0.1) is 0 Å². The van der Waals surface area contributed by atoms with E-state index in [1.807, 2.05) is 30.3 Å². The lowest BCUT2D eigenvalue weighted by Crippen LogP contribution is -2.21. The molecule has 126 valence electrons. The molecule has 1 heterocycles. The second-order valence-electron chi connectivity index (χ2n) is 5.86. The van der Waals surface area contributed by atoms with Crippen LogP contribution >= 0.6 is 0 Å². The van der Waals surface area contributed by atoms with Crippen LogP contribution in [0.2, 0.25) is 0 Å². The van der Waals surface area contributed by atoms with Crippen molar-refractivity contribution in [1.82, 2.24) is 0 Å². The minimum Gasteiger partial charge on any atom is -0.446 e. The fraction of sp³-hybridized carbons (Fsp3) is 0.238. The smallest absolute Gasteiger partial charge is 0.303 e. The fourth-order valence-electron chi connectivity index (χ4n) is 2.57. The zero-order valence-corrected chi connectivity index (χ0v) is 14.1. The standard InChI is InChI=1S/C21H18O4/c1-14(22)17-11-8-16(9-12-17)10-13-19(24-15(2)23)21-20(25-21)18-6-4-3-5-7-18/h3-9,11-12,19-21H,1-2H3/t19?,20-,21-/m0/s1. The van der Waals surface area contributed by atoms with E-state index < -0.39 is 12.1 Å². The van der Waals surface area contributed by atoms with E-state index in [2.05, 4.69) is 11.8 Å². The number of ketones is 1. The second-order valence-corrected chi connectivity index (χ2v) is 5.86. The lowest BCUT2D eigenvalue weighted by atomic mass is 10.1. The summed E-state index contributed by atoms with van der Waals surface area (Å²) in [4.78, 5) is 22.7. The minimum atomic E-state index is -0.629. The molecule has 25 heavy (non-hydrogen) atoms. The Morgan fingerprint density at radius 1 is 1.04 bits per heavy atom. The highest BCUT2D eigenvalue weighted by Crippen LogP contribution is 2.41. The highest BCUT2D eigenvalue weighted by molar-refractivity contribution is 5.94. The Balaban J connectivity index is 1.74. The number of hydrogen-bond acceptors (Lipinski definition) is 4. The Morgan fingerprint density at radius 2 is 1.72 bits per heavy atom. The first-order chi connectivity index (χ1) is 12.0. The summed E-state index contributed by atoms with van der Waals surface area (Å²) in [5.74, 6) is 5.58. The summed E-state index contributed by atoms with van der Waals surface area (Å²) >= 11 is 0. The van der Waals surface area contributed by atoms with Gasteiger partial charge in [0.1, 0.15) is 12.2 Å². The van der Waals surface area contributed by atoms with Crippen LogP contribution in [0, 0.1) is 11.8 Å². The van der Waals surface area contributed by atoms with Crippen molar-refractivity contribution in [3.63, 3.8) is 0 Å². The quantitative estimate of drug-likeness (QED) is 0.372. The SMILES string of the molecule is CC(=O)OC(C#Cc1ccc(C(C)=O)cc1)[C@@H]1O[C@H]1c1ccccc1. The lowest BCUT2D eigenvalue weighted by Gasteiger charge is -2.08. The number of hydrogen-bond donors (Lipinski definition) is 0. The van der Waals surface area contributed by atoms with Crippen molar-refractivity contribution in [3.8, 4) is 11.8 Å². The first kappa shape index (κ1) is 16.9. The molecule has 0 N–H and O–H groups in total. The van der Waals surface area contributed by atoms with Crippen LogP contribution in [0.4, 0.5) is 0 Å². The molecule has 0 aliphatic carbocycles. The minimum absolute atomic E-state index is 0.00869. The average molecular weight is 334 g/mol. The number of epoxide rings is 1. The van der Waals surface area contributed by atoms with Gasteiger partial charge in [-0.1, -0.05) is 54.3 Å². The molecule has 0 bridgehead atoms. The molecule has 4 nitrogen and oxygen atoms in total. The van der Waals surface area contributed by atoms with Gasteiger partial charge in [0.15, 0.2) is 11.9 Å².